The van der Waals surface area contributed by atoms with E-state index in [2.05, 4.69) is 15.3 Å². The van der Waals surface area contributed by atoms with Gasteiger partial charge in [0.25, 0.3) is 0 Å². The van der Waals surface area contributed by atoms with Gasteiger partial charge in [-0.05, 0) is 42.8 Å². The third-order valence-corrected chi connectivity index (χ3v) is 4.69. The second kappa shape index (κ2) is 6.74. The molecule has 0 spiro atoms. The molecule has 7 heteroatoms. The average Bonchev–Trinajstić information content (AvgIpc) is 3.11. The number of hydrogen-bond donors (Lipinski definition) is 2. The predicted molar refractivity (Wildman–Crippen MR) is 98.5 cm³/mol. The highest BCUT2D eigenvalue weighted by Crippen LogP contribution is 2.37. The minimum atomic E-state index is -4.43. The van der Waals surface area contributed by atoms with Gasteiger partial charge in [-0.2, -0.15) is 13.2 Å². The van der Waals surface area contributed by atoms with Crippen LogP contribution in [0.15, 0.2) is 42.5 Å². The molecule has 0 aliphatic carbocycles. The van der Waals surface area contributed by atoms with Gasteiger partial charge in [0.05, 0.1) is 29.3 Å². The lowest BCUT2D eigenvalue weighted by molar-refractivity contribution is -0.137. The summed E-state index contributed by atoms with van der Waals surface area (Å²) in [6, 6.07) is 9.59. The summed E-state index contributed by atoms with van der Waals surface area (Å²) >= 11 is 0. The molecule has 4 nitrogen and oxygen atoms in total. The molecule has 0 bridgehead atoms. The molecule has 0 saturated heterocycles. The zero-order chi connectivity index (χ0) is 19.0. The van der Waals surface area contributed by atoms with Gasteiger partial charge in [-0.1, -0.05) is 18.2 Å². The van der Waals surface area contributed by atoms with Crippen molar-refractivity contribution in [1.29, 1.82) is 0 Å². The summed E-state index contributed by atoms with van der Waals surface area (Å²) < 4.78 is 45.6. The van der Waals surface area contributed by atoms with Crippen LogP contribution in [-0.2, 0) is 6.18 Å². The summed E-state index contributed by atoms with van der Waals surface area (Å²) in [6.07, 6.45) is -1.83. The molecule has 1 aliphatic rings. The molecule has 3 aromatic rings. The number of benzene rings is 2. The molecular formula is C20H18F3N3O. The number of nitrogens with one attached hydrogen (secondary N) is 2. The molecule has 2 N–H and O–H groups in total. The van der Waals surface area contributed by atoms with Crippen molar-refractivity contribution in [2.45, 2.75) is 12.6 Å². The Morgan fingerprint density at radius 1 is 1.11 bits per heavy atom. The van der Waals surface area contributed by atoms with Gasteiger partial charge >= 0.3 is 6.18 Å². The van der Waals surface area contributed by atoms with Gasteiger partial charge in [-0.25, -0.2) is 4.98 Å². The number of aromatic nitrogens is 2. The fourth-order valence-corrected chi connectivity index (χ4v) is 3.37. The van der Waals surface area contributed by atoms with E-state index in [-0.39, 0.29) is 0 Å². The molecule has 27 heavy (non-hydrogen) atoms. The zero-order valence-corrected chi connectivity index (χ0v) is 14.7. The molecule has 0 saturated carbocycles. The maximum Gasteiger partial charge on any atom is 0.416 e. The van der Waals surface area contributed by atoms with Crippen molar-refractivity contribution in [2.75, 3.05) is 20.2 Å². The molecule has 4 rings (SSSR count). The maximum absolute atomic E-state index is 13.4. The van der Waals surface area contributed by atoms with E-state index in [1.807, 2.05) is 24.3 Å². The van der Waals surface area contributed by atoms with Crippen molar-refractivity contribution < 1.29 is 17.9 Å². The molecule has 0 radical (unpaired) electrons. The van der Waals surface area contributed by atoms with Crippen LogP contribution in [-0.4, -0.2) is 30.2 Å². The molecule has 1 aromatic heterocycles. The van der Waals surface area contributed by atoms with Crippen molar-refractivity contribution >= 4 is 16.6 Å². The largest absolute Gasteiger partial charge is 0.496 e. The van der Waals surface area contributed by atoms with E-state index in [0.717, 1.165) is 18.2 Å². The van der Waals surface area contributed by atoms with E-state index >= 15 is 0 Å². The Labute approximate surface area is 154 Å². The fourth-order valence-electron chi connectivity index (χ4n) is 3.37. The minimum absolute atomic E-state index is 0.292. The average molecular weight is 373 g/mol. The normalized spacial score (nSPS) is 15.0. The third-order valence-electron chi connectivity index (χ3n) is 4.69. The number of H-pyrrole nitrogens is 1. The smallest absolute Gasteiger partial charge is 0.416 e. The Balaban J connectivity index is 1.95. The summed E-state index contributed by atoms with van der Waals surface area (Å²) in [4.78, 5) is 7.65. The van der Waals surface area contributed by atoms with Gasteiger partial charge < -0.3 is 15.0 Å². The zero-order valence-electron chi connectivity index (χ0n) is 14.7. The number of nitrogens with zero attached hydrogens (tertiary/aromatic N) is 1. The monoisotopic (exact) mass is 373 g/mol. The summed E-state index contributed by atoms with van der Waals surface area (Å²) in [7, 11) is 1.55. The van der Waals surface area contributed by atoms with Crippen LogP contribution in [0.4, 0.5) is 13.2 Å². The molecule has 0 unspecified atom stereocenters. The number of imidazole rings is 1. The molecular weight excluding hydrogens is 355 g/mol. The maximum atomic E-state index is 13.4. The number of halogens is 3. The standard InChI is InChI=1S/C20H18F3N3O/c1-27-17-5-3-2-4-14(17)19-25-16-11-13(20(21,22)23)10-15(18(16)26-19)12-6-8-24-9-7-12/h2-6,10-11,24H,7-9H2,1H3,(H,25,26). The molecule has 2 aromatic carbocycles. The van der Waals surface area contributed by atoms with Crippen LogP contribution >= 0.6 is 0 Å². The topological polar surface area (TPSA) is 49.9 Å². The van der Waals surface area contributed by atoms with Crippen molar-refractivity contribution in [2.24, 2.45) is 0 Å². The Kier molecular flexibility index (Phi) is 4.39. The molecule has 0 amide bonds. The molecule has 140 valence electrons. The number of fused-ring (bicyclic) bond motifs is 1. The quantitative estimate of drug-likeness (QED) is 0.704. The molecule has 2 heterocycles. The number of para-hydroxylation sites is 1. The summed E-state index contributed by atoms with van der Waals surface area (Å²) in [6.45, 7) is 1.37. The lowest BCUT2D eigenvalue weighted by Gasteiger charge is -2.16. The van der Waals surface area contributed by atoms with E-state index in [0.29, 0.717) is 46.7 Å². The van der Waals surface area contributed by atoms with Crippen LogP contribution in [0.3, 0.4) is 0 Å². The van der Waals surface area contributed by atoms with Crippen LogP contribution in [0.5, 0.6) is 5.75 Å². The van der Waals surface area contributed by atoms with Crippen LogP contribution in [0.2, 0.25) is 0 Å². The number of ether oxygens (including phenoxy) is 1. The van der Waals surface area contributed by atoms with Crippen LogP contribution in [0, 0.1) is 0 Å². The first-order valence-electron chi connectivity index (χ1n) is 8.62. The summed E-state index contributed by atoms with van der Waals surface area (Å²) in [5, 5.41) is 3.18. The SMILES string of the molecule is COc1ccccc1-c1nc2cc(C(F)(F)F)cc(C3=CCNCC3)c2[nH]1. The summed E-state index contributed by atoms with van der Waals surface area (Å²) in [5.41, 5.74) is 2.35. The van der Waals surface area contributed by atoms with Crippen molar-refractivity contribution in [3.8, 4) is 17.1 Å². The highest BCUT2D eigenvalue weighted by Gasteiger charge is 2.32. The Hall–Kier alpha value is -2.80. The lowest BCUT2D eigenvalue weighted by atomic mass is 9.96. The molecule has 0 fully saturated rings. The third kappa shape index (κ3) is 3.30. The Bertz CT molecular complexity index is 1020. The van der Waals surface area contributed by atoms with Gasteiger partial charge in [0.1, 0.15) is 11.6 Å². The first kappa shape index (κ1) is 17.6. The number of alkyl halides is 3. The first-order valence-corrected chi connectivity index (χ1v) is 8.62. The second-order valence-corrected chi connectivity index (χ2v) is 6.38. The minimum Gasteiger partial charge on any atom is -0.496 e. The predicted octanol–water partition coefficient (Wildman–Crippen LogP) is 4.63. The van der Waals surface area contributed by atoms with Crippen LogP contribution < -0.4 is 10.1 Å². The number of aromatic amines is 1. The van der Waals surface area contributed by atoms with Gasteiger partial charge in [0.2, 0.25) is 0 Å². The van der Waals surface area contributed by atoms with Crippen LogP contribution in [0.1, 0.15) is 17.5 Å². The lowest BCUT2D eigenvalue weighted by Crippen LogP contribution is -2.20. The molecule has 1 aliphatic heterocycles. The van der Waals surface area contributed by atoms with Crippen LogP contribution in [0.25, 0.3) is 28.0 Å². The van der Waals surface area contributed by atoms with E-state index in [1.165, 1.54) is 6.07 Å². The van der Waals surface area contributed by atoms with Crippen molar-refractivity contribution in [3.63, 3.8) is 0 Å². The van der Waals surface area contributed by atoms with E-state index in [4.69, 9.17) is 4.74 Å². The second-order valence-electron chi connectivity index (χ2n) is 6.38. The van der Waals surface area contributed by atoms with Gasteiger partial charge in [-0.15, -0.1) is 0 Å². The van der Waals surface area contributed by atoms with E-state index in [9.17, 15) is 13.2 Å². The Morgan fingerprint density at radius 3 is 2.63 bits per heavy atom. The highest BCUT2D eigenvalue weighted by molar-refractivity contribution is 5.92. The number of rotatable bonds is 3. The Morgan fingerprint density at radius 2 is 1.93 bits per heavy atom. The fraction of sp³-hybridized carbons (Fsp3) is 0.250. The number of hydrogen-bond acceptors (Lipinski definition) is 3. The first-order chi connectivity index (χ1) is 13.0. The van der Waals surface area contributed by atoms with E-state index in [1.54, 1.807) is 13.2 Å². The van der Waals surface area contributed by atoms with Crippen molar-refractivity contribution in [1.82, 2.24) is 15.3 Å². The summed E-state index contributed by atoms with van der Waals surface area (Å²) in [5.74, 6) is 1.09. The van der Waals surface area contributed by atoms with Gasteiger partial charge in [0, 0.05) is 12.1 Å². The van der Waals surface area contributed by atoms with Gasteiger partial charge in [0.15, 0.2) is 0 Å². The van der Waals surface area contributed by atoms with Gasteiger partial charge in [-0.3, -0.25) is 0 Å². The van der Waals surface area contributed by atoms with Crippen molar-refractivity contribution in [3.05, 3.63) is 53.6 Å². The molecule has 0 atom stereocenters. The highest BCUT2D eigenvalue weighted by atomic mass is 19.4. The number of methoxy groups -OCH3 is 1. The van der Waals surface area contributed by atoms with E-state index < -0.39 is 11.7 Å².